The number of carbonyl (C=O) groups excluding carboxylic acids is 1. The van der Waals surface area contributed by atoms with Gasteiger partial charge in [-0.3, -0.25) is 4.79 Å². The van der Waals surface area contributed by atoms with Crippen LogP contribution in [-0.4, -0.2) is 10.9 Å². The van der Waals surface area contributed by atoms with Crippen LogP contribution in [0.3, 0.4) is 0 Å². The molecule has 1 fully saturated rings. The maximum atomic E-state index is 13.0. The average molecular weight is 399 g/mol. The summed E-state index contributed by atoms with van der Waals surface area (Å²) in [5.41, 5.74) is 0.767. The van der Waals surface area contributed by atoms with E-state index in [4.69, 9.17) is 4.42 Å². The molecular formula is C22H23FN2O2S. The highest BCUT2D eigenvalue weighted by molar-refractivity contribution is 7.10. The van der Waals surface area contributed by atoms with Crippen LogP contribution < -0.4 is 5.32 Å². The van der Waals surface area contributed by atoms with E-state index < -0.39 is 0 Å². The van der Waals surface area contributed by atoms with Crippen LogP contribution in [-0.2, 0) is 11.2 Å². The van der Waals surface area contributed by atoms with Crippen molar-refractivity contribution < 1.29 is 13.6 Å². The average Bonchev–Trinajstić information content (AvgIpc) is 3.48. The summed E-state index contributed by atoms with van der Waals surface area (Å²) >= 11 is 1.70. The first-order valence-corrected chi connectivity index (χ1v) is 10.6. The van der Waals surface area contributed by atoms with Crippen LogP contribution in [0.25, 0.3) is 11.3 Å². The van der Waals surface area contributed by atoms with Crippen molar-refractivity contribution >= 4 is 17.2 Å². The minimum Gasteiger partial charge on any atom is -0.441 e. The van der Waals surface area contributed by atoms with Crippen LogP contribution in [0.2, 0.25) is 0 Å². The molecule has 4 rings (SSSR count). The van der Waals surface area contributed by atoms with E-state index in [1.165, 1.54) is 42.7 Å². The highest BCUT2D eigenvalue weighted by Gasteiger charge is 2.28. The number of carbonyl (C=O) groups is 1. The summed E-state index contributed by atoms with van der Waals surface area (Å²) in [6.07, 6.45) is 7.21. The first kappa shape index (κ1) is 18.9. The molecule has 2 heterocycles. The largest absolute Gasteiger partial charge is 0.441 e. The third-order valence-corrected chi connectivity index (χ3v) is 6.24. The molecule has 1 amide bonds. The number of hydrogen-bond acceptors (Lipinski definition) is 4. The van der Waals surface area contributed by atoms with Crippen molar-refractivity contribution in [3.05, 3.63) is 64.6 Å². The molecular weight excluding hydrogens is 375 g/mol. The van der Waals surface area contributed by atoms with Crippen LogP contribution in [0.4, 0.5) is 4.39 Å². The van der Waals surface area contributed by atoms with Gasteiger partial charge in [-0.05, 0) is 54.5 Å². The molecule has 1 atom stereocenters. The second-order valence-corrected chi connectivity index (χ2v) is 8.21. The summed E-state index contributed by atoms with van der Waals surface area (Å²) in [7, 11) is 0. The summed E-state index contributed by atoms with van der Waals surface area (Å²) in [6.45, 7) is 0. The van der Waals surface area contributed by atoms with E-state index in [1.54, 1.807) is 29.7 Å². The van der Waals surface area contributed by atoms with Gasteiger partial charge < -0.3 is 9.73 Å². The summed E-state index contributed by atoms with van der Waals surface area (Å²) < 4.78 is 18.8. The molecule has 0 bridgehead atoms. The Morgan fingerprint density at radius 1 is 1.25 bits per heavy atom. The molecule has 1 aliphatic carbocycles. The van der Waals surface area contributed by atoms with Crippen molar-refractivity contribution in [1.82, 2.24) is 10.3 Å². The van der Waals surface area contributed by atoms with Crippen LogP contribution in [0, 0.1) is 11.7 Å². The first-order chi connectivity index (χ1) is 13.7. The van der Waals surface area contributed by atoms with E-state index in [1.807, 2.05) is 6.07 Å². The fraction of sp³-hybridized carbons (Fsp3) is 0.364. The second kappa shape index (κ2) is 8.69. The molecule has 0 radical (unpaired) electrons. The number of hydrogen-bond donors (Lipinski definition) is 1. The maximum absolute atomic E-state index is 13.0. The lowest BCUT2D eigenvalue weighted by Gasteiger charge is -2.23. The van der Waals surface area contributed by atoms with Crippen LogP contribution in [0.5, 0.6) is 0 Å². The number of rotatable bonds is 7. The first-order valence-electron chi connectivity index (χ1n) is 9.72. The quantitative estimate of drug-likeness (QED) is 0.570. The number of amides is 1. The zero-order chi connectivity index (χ0) is 19.3. The van der Waals surface area contributed by atoms with Crippen LogP contribution in [0.1, 0.15) is 48.9 Å². The summed E-state index contributed by atoms with van der Waals surface area (Å²) in [5.74, 6) is 1.35. The number of nitrogens with zero attached hydrogens (tertiary/aromatic N) is 1. The van der Waals surface area contributed by atoms with Crippen molar-refractivity contribution in [2.24, 2.45) is 5.92 Å². The molecule has 3 aromatic rings. The molecule has 4 nitrogen and oxygen atoms in total. The molecule has 1 unspecified atom stereocenters. The minimum absolute atomic E-state index is 0.0202. The molecule has 1 saturated carbocycles. The van der Waals surface area contributed by atoms with E-state index in [0.29, 0.717) is 30.4 Å². The van der Waals surface area contributed by atoms with Gasteiger partial charge in [0, 0.05) is 23.3 Å². The lowest BCUT2D eigenvalue weighted by molar-refractivity contribution is -0.122. The minimum atomic E-state index is -0.289. The molecule has 0 saturated heterocycles. The number of halogens is 1. The Kier molecular flexibility index (Phi) is 5.86. The smallest absolute Gasteiger partial charge is 0.221 e. The zero-order valence-electron chi connectivity index (χ0n) is 15.6. The molecule has 6 heteroatoms. The van der Waals surface area contributed by atoms with E-state index >= 15 is 0 Å². The van der Waals surface area contributed by atoms with Gasteiger partial charge in [0.1, 0.15) is 5.82 Å². The van der Waals surface area contributed by atoms with Gasteiger partial charge in [0.2, 0.25) is 5.91 Å². The Balaban J connectivity index is 1.35. The lowest BCUT2D eigenvalue weighted by Crippen LogP contribution is -2.32. The third kappa shape index (κ3) is 4.50. The zero-order valence-corrected chi connectivity index (χ0v) is 16.4. The van der Waals surface area contributed by atoms with Gasteiger partial charge in [0.05, 0.1) is 12.2 Å². The molecule has 146 valence electrons. The number of aryl methyl sites for hydroxylation is 1. The van der Waals surface area contributed by atoms with Gasteiger partial charge >= 0.3 is 0 Å². The van der Waals surface area contributed by atoms with Gasteiger partial charge in [-0.2, -0.15) is 0 Å². The van der Waals surface area contributed by atoms with Crippen molar-refractivity contribution in [3.63, 3.8) is 0 Å². The van der Waals surface area contributed by atoms with Crippen LogP contribution >= 0.6 is 11.3 Å². The monoisotopic (exact) mass is 398 g/mol. The molecule has 28 heavy (non-hydrogen) atoms. The Morgan fingerprint density at radius 2 is 2.04 bits per heavy atom. The molecule has 2 aromatic heterocycles. The highest BCUT2D eigenvalue weighted by Crippen LogP contribution is 2.37. The lowest BCUT2D eigenvalue weighted by atomic mass is 9.96. The van der Waals surface area contributed by atoms with Gasteiger partial charge in [-0.25, -0.2) is 9.37 Å². The Labute approximate surface area is 167 Å². The second-order valence-electron chi connectivity index (χ2n) is 7.23. The van der Waals surface area contributed by atoms with Gasteiger partial charge in [-0.15, -0.1) is 11.3 Å². The summed E-state index contributed by atoms with van der Waals surface area (Å²) in [5, 5.41) is 5.30. The Morgan fingerprint density at radius 3 is 2.75 bits per heavy atom. The number of nitrogens with one attached hydrogen (secondary N) is 1. The number of benzene rings is 1. The molecule has 1 aliphatic rings. The fourth-order valence-electron chi connectivity index (χ4n) is 3.82. The number of thiophene rings is 1. The molecule has 1 N–H and O–H groups in total. The van der Waals surface area contributed by atoms with Crippen molar-refractivity contribution in [1.29, 1.82) is 0 Å². The molecule has 0 aliphatic heterocycles. The SMILES string of the molecule is O=C(CCc1ncc(-c2ccc(F)cc2)o1)NC(c1cccs1)C1CCCC1. The Hall–Kier alpha value is -2.47. The van der Waals surface area contributed by atoms with E-state index in [-0.39, 0.29) is 17.8 Å². The standard InChI is InChI=1S/C22H23FN2O2S/c23-17-9-7-15(8-10-17)18-14-24-21(27-18)12-11-20(26)25-22(16-4-1-2-5-16)19-6-3-13-28-19/h3,6-10,13-14,16,22H,1-2,4-5,11-12H2,(H,25,26). The normalized spacial score (nSPS) is 15.6. The third-order valence-electron chi connectivity index (χ3n) is 5.29. The topological polar surface area (TPSA) is 55.1 Å². The Bertz CT molecular complexity index is 899. The molecule has 0 spiro atoms. The van der Waals surface area contributed by atoms with E-state index in [0.717, 1.165) is 5.56 Å². The van der Waals surface area contributed by atoms with Crippen molar-refractivity contribution in [3.8, 4) is 11.3 Å². The summed E-state index contributed by atoms with van der Waals surface area (Å²) in [4.78, 5) is 18.1. The molecule has 1 aromatic carbocycles. The van der Waals surface area contributed by atoms with Gasteiger partial charge in [0.25, 0.3) is 0 Å². The van der Waals surface area contributed by atoms with Gasteiger partial charge in [-0.1, -0.05) is 18.9 Å². The van der Waals surface area contributed by atoms with Crippen molar-refractivity contribution in [2.45, 2.75) is 44.6 Å². The summed E-state index contributed by atoms with van der Waals surface area (Å²) in [6, 6.07) is 10.3. The van der Waals surface area contributed by atoms with E-state index in [2.05, 4.69) is 21.7 Å². The highest BCUT2D eigenvalue weighted by atomic mass is 32.1. The van der Waals surface area contributed by atoms with Gasteiger partial charge in [0.15, 0.2) is 11.7 Å². The van der Waals surface area contributed by atoms with Crippen LogP contribution in [0.15, 0.2) is 52.4 Å². The maximum Gasteiger partial charge on any atom is 0.221 e. The predicted octanol–water partition coefficient (Wildman–Crippen LogP) is 5.52. The fourth-order valence-corrected chi connectivity index (χ4v) is 4.69. The van der Waals surface area contributed by atoms with Crippen molar-refractivity contribution in [2.75, 3.05) is 0 Å². The predicted molar refractivity (Wildman–Crippen MR) is 107 cm³/mol. The van der Waals surface area contributed by atoms with E-state index in [9.17, 15) is 9.18 Å². The number of aromatic nitrogens is 1. The number of oxazole rings is 1.